The Kier molecular flexibility index (Phi) is 5.31. The zero-order valence-corrected chi connectivity index (χ0v) is 11.7. The molecule has 0 unspecified atom stereocenters. The summed E-state index contributed by atoms with van der Waals surface area (Å²) in [7, 11) is 0. The molecule has 0 heterocycles. The van der Waals surface area contributed by atoms with Gasteiger partial charge in [-0.2, -0.15) is 4.39 Å². The number of rotatable bonds is 6. The molecule has 8 heteroatoms. The Morgan fingerprint density at radius 2 is 1.90 bits per heavy atom. The average Bonchev–Trinajstić information content (AvgIpc) is 2.46. The van der Waals surface area contributed by atoms with Crippen molar-refractivity contribution in [1.29, 1.82) is 0 Å². The predicted octanol–water partition coefficient (Wildman–Crippen LogP) is 2.15. The van der Waals surface area contributed by atoms with Crippen LogP contribution in [0.4, 0.5) is 14.5 Å². The molecule has 0 radical (unpaired) electrons. The van der Waals surface area contributed by atoms with E-state index in [1.807, 2.05) is 0 Å². The van der Waals surface area contributed by atoms with Crippen LogP contribution in [0.15, 0.2) is 12.1 Å². The first-order valence-electron chi connectivity index (χ1n) is 6.38. The largest absolute Gasteiger partial charge is 0.388 e. The number of amides is 1. The number of carbonyl (C=O) groups is 1. The Morgan fingerprint density at radius 1 is 1.33 bits per heavy atom. The third-order valence-electron chi connectivity index (χ3n) is 3.37. The van der Waals surface area contributed by atoms with E-state index >= 15 is 0 Å². The van der Waals surface area contributed by atoms with Gasteiger partial charge in [0.25, 0.3) is 5.91 Å². The fraction of sp³-hybridized carbons (Fsp3) is 0.462. The minimum atomic E-state index is -1.30. The van der Waals surface area contributed by atoms with Crippen LogP contribution in [0, 0.1) is 21.7 Å². The molecule has 0 saturated heterocycles. The maximum Gasteiger partial charge on any atom is 0.307 e. The summed E-state index contributed by atoms with van der Waals surface area (Å²) in [5.41, 5.74) is -2.82. The summed E-state index contributed by atoms with van der Waals surface area (Å²) in [5.74, 6) is -3.44. The zero-order chi connectivity index (χ0) is 16.2. The summed E-state index contributed by atoms with van der Waals surface area (Å²) in [6.45, 7) is 3.32. The van der Waals surface area contributed by atoms with Gasteiger partial charge in [-0.25, -0.2) is 4.39 Å². The second-order valence-electron chi connectivity index (χ2n) is 4.65. The number of hydrogen-bond acceptors (Lipinski definition) is 4. The average molecular weight is 302 g/mol. The highest BCUT2D eigenvalue weighted by Gasteiger charge is 2.26. The number of halogens is 2. The minimum absolute atomic E-state index is 0.128. The normalized spacial score (nSPS) is 11.3. The monoisotopic (exact) mass is 302 g/mol. The van der Waals surface area contributed by atoms with Gasteiger partial charge in [0.05, 0.1) is 22.2 Å². The molecule has 0 aliphatic carbocycles. The molecule has 0 aromatic heterocycles. The fourth-order valence-electron chi connectivity index (χ4n) is 1.69. The van der Waals surface area contributed by atoms with Crippen LogP contribution in [-0.4, -0.2) is 28.1 Å². The molecule has 0 atom stereocenters. The standard InChI is InChI=1S/C13H16F2N2O4/c1-3-13(19,4-2)7-16-12(18)8-5-10(15)11(17(20)21)6-9(8)14/h5-6,19H,3-4,7H2,1-2H3,(H,16,18). The van der Waals surface area contributed by atoms with Crippen LogP contribution < -0.4 is 5.32 Å². The van der Waals surface area contributed by atoms with Crippen molar-refractivity contribution in [3.63, 3.8) is 0 Å². The van der Waals surface area contributed by atoms with Gasteiger partial charge in [0.1, 0.15) is 5.82 Å². The van der Waals surface area contributed by atoms with Crippen LogP contribution in [0.3, 0.4) is 0 Å². The molecule has 1 aromatic rings. The number of carbonyl (C=O) groups excluding carboxylic acids is 1. The maximum atomic E-state index is 13.6. The summed E-state index contributed by atoms with van der Waals surface area (Å²) in [4.78, 5) is 21.2. The summed E-state index contributed by atoms with van der Waals surface area (Å²) in [6, 6.07) is 0.829. The van der Waals surface area contributed by atoms with Crippen molar-refractivity contribution in [2.45, 2.75) is 32.3 Å². The summed E-state index contributed by atoms with van der Waals surface area (Å²) < 4.78 is 27.0. The molecule has 0 saturated carbocycles. The lowest BCUT2D eigenvalue weighted by Gasteiger charge is -2.25. The lowest BCUT2D eigenvalue weighted by atomic mass is 9.97. The van der Waals surface area contributed by atoms with E-state index in [0.717, 1.165) is 0 Å². The first-order valence-corrected chi connectivity index (χ1v) is 6.38. The van der Waals surface area contributed by atoms with Crippen LogP contribution in [-0.2, 0) is 0 Å². The number of nitro groups is 1. The van der Waals surface area contributed by atoms with E-state index in [0.29, 0.717) is 25.0 Å². The van der Waals surface area contributed by atoms with E-state index in [1.54, 1.807) is 13.8 Å². The Balaban J connectivity index is 2.94. The number of nitrogens with zero attached hydrogens (tertiary/aromatic N) is 1. The van der Waals surface area contributed by atoms with Crippen LogP contribution >= 0.6 is 0 Å². The number of hydrogen-bond donors (Lipinski definition) is 2. The van der Waals surface area contributed by atoms with Gasteiger partial charge < -0.3 is 10.4 Å². The van der Waals surface area contributed by atoms with E-state index in [-0.39, 0.29) is 6.54 Å². The van der Waals surface area contributed by atoms with E-state index in [9.17, 15) is 28.8 Å². The first kappa shape index (κ1) is 17.0. The summed E-state index contributed by atoms with van der Waals surface area (Å²) >= 11 is 0. The van der Waals surface area contributed by atoms with Gasteiger partial charge in [-0.1, -0.05) is 13.8 Å². The number of nitro benzene ring substituents is 1. The van der Waals surface area contributed by atoms with Gasteiger partial charge >= 0.3 is 5.69 Å². The number of aliphatic hydroxyl groups is 1. The minimum Gasteiger partial charge on any atom is -0.388 e. The molecule has 0 spiro atoms. The van der Waals surface area contributed by atoms with Crippen molar-refractivity contribution < 1.29 is 23.6 Å². The molecule has 0 bridgehead atoms. The van der Waals surface area contributed by atoms with Gasteiger partial charge in [-0.15, -0.1) is 0 Å². The highest BCUT2D eigenvalue weighted by molar-refractivity contribution is 5.94. The molecule has 0 fully saturated rings. The lowest BCUT2D eigenvalue weighted by molar-refractivity contribution is -0.387. The Labute approximate surface area is 119 Å². The lowest BCUT2D eigenvalue weighted by Crippen LogP contribution is -2.42. The highest BCUT2D eigenvalue weighted by Crippen LogP contribution is 2.21. The van der Waals surface area contributed by atoms with Crippen molar-refractivity contribution in [1.82, 2.24) is 5.32 Å². The molecule has 1 aromatic carbocycles. The topological polar surface area (TPSA) is 92.5 Å². The molecular formula is C13H16F2N2O4. The van der Waals surface area contributed by atoms with Gasteiger partial charge in [0, 0.05) is 6.54 Å². The predicted molar refractivity (Wildman–Crippen MR) is 70.9 cm³/mol. The molecule has 6 nitrogen and oxygen atoms in total. The molecular weight excluding hydrogens is 286 g/mol. The first-order chi connectivity index (χ1) is 9.74. The zero-order valence-electron chi connectivity index (χ0n) is 11.7. The van der Waals surface area contributed by atoms with E-state index in [1.165, 1.54) is 0 Å². The third kappa shape index (κ3) is 3.94. The SMILES string of the molecule is CCC(O)(CC)CNC(=O)c1cc(F)c([N+](=O)[O-])cc1F. The molecule has 0 aliphatic heterocycles. The molecule has 1 amide bonds. The van der Waals surface area contributed by atoms with Crippen molar-refractivity contribution in [2.24, 2.45) is 0 Å². The van der Waals surface area contributed by atoms with E-state index in [4.69, 9.17) is 0 Å². The summed E-state index contributed by atoms with van der Waals surface area (Å²) in [5, 5.41) is 22.7. The third-order valence-corrected chi connectivity index (χ3v) is 3.37. The Bertz CT molecular complexity index is 559. The molecule has 1 rings (SSSR count). The quantitative estimate of drug-likeness (QED) is 0.622. The van der Waals surface area contributed by atoms with Gasteiger partial charge in [-0.05, 0) is 18.9 Å². The van der Waals surface area contributed by atoms with Crippen molar-refractivity contribution in [3.8, 4) is 0 Å². The Hall–Kier alpha value is -2.09. The van der Waals surface area contributed by atoms with Gasteiger partial charge in [0.2, 0.25) is 5.82 Å². The maximum absolute atomic E-state index is 13.6. The highest BCUT2D eigenvalue weighted by atomic mass is 19.1. The molecule has 2 N–H and O–H groups in total. The van der Waals surface area contributed by atoms with Crippen LogP contribution in [0.25, 0.3) is 0 Å². The smallest absolute Gasteiger partial charge is 0.307 e. The van der Waals surface area contributed by atoms with Gasteiger partial charge in [-0.3, -0.25) is 14.9 Å². The fourth-order valence-corrected chi connectivity index (χ4v) is 1.69. The van der Waals surface area contributed by atoms with Crippen LogP contribution in [0.1, 0.15) is 37.0 Å². The van der Waals surface area contributed by atoms with Crippen LogP contribution in [0.2, 0.25) is 0 Å². The van der Waals surface area contributed by atoms with Crippen molar-refractivity contribution in [2.75, 3.05) is 6.54 Å². The van der Waals surface area contributed by atoms with E-state index in [2.05, 4.69) is 5.32 Å². The molecule has 116 valence electrons. The van der Waals surface area contributed by atoms with Gasteiger partial charge in [0.15, 0.2) is 0 Å². The number of nitrogens with one attached hydrogen (secondary N) is 1. The summed E-state index contributed by atoms with van der Waals surface area (Å²) in [6.07, 6.45) is 0.752. The second-order valence-corrected chi connectivity index (χ2v) is 4.65. The van der Waals surface area contributed by atoms with E-state index < -0.39 is 39.3 Å². The molecule has 21 heavy (non-hydrogen) atoms. The number of benzene rings is 1. The van der Waals surface area contributed by atoms with Crippen molar-refractivity contribution >= 4 is 11.6 Å². The molecule has 0 aliphatic rings. The Morgan fingerprint density at radius 3 is 2.38 bits per heavy atom. The van der Waals surface area contributed by atoms with Crippen LogP contribution in [0.5, 0.6) is 0 Å². The van der Waals surface area contributed by atoms with Crippen molar-refractivity contribution in [3.05, 3.63) is 39.4 Å². The second kappa shape index (κ2) is 6.57.